The van der Waals surface area contributed by atoms with Gasteiger partial charge in [0.25, 0.3) is 0 Å². The van der Waals surface area contributed by atoms with Gasteiger partial charge in [-0.05, 0) is 19.4 Å². The number of carbonyl (C=O) groups excluding carboxylic acids is 3. The maximum Gasteiger partial charge on any atom is 0.355 e. The summed E-state index contributed by atoms with van der Waals surface area (Å²) < 4.78 is 11.2. The van der Waals surface area contributed by atoms with Crippen molar-refractivity contribution in [2.24, 2.45) is 0 Å². The third-order valence-electron chi connectivity index (χ3n) is 3.69. The van der Waals surface area contributed by atoms with Gasteiger partial charge >= 0.3 is 11.9 Å². The Hall–Kier alpha value is -2.63. The first kappa shape index (κ1) is 16.7. The molecule has 0 spiro atoms. The van der Waals surface area contributed by atoms with Gasteiger partial charge in [-0.15, -0.1) is 0 Å². The largest absolute Gasteiger partial charge is 0.469 e. The van der Waals surface area contributed by atoms with Crippen molar-refractivity contribution in [1.82, 2.24) is 4.57 Å². The number of esters is 2. The number of ether oxygens (including phenoxy) is 2. The highest BCUT2D eigenvalue weighted by Crippen LogP contribution is 2.28. The molecule has 23 heavy (non-hydrogen) atoms. The van der Waals surface area contributed by atoms with E-state index in [9.17, 15) is 14.4 Å². The van der Waals surface area contributed by atoms with Gasteiger partial charge in [0, 0.05) is 23.9 Å². The minimum absolute atomic E-state index is 0.201. The number of fused-ring (bicyclic) bond motifs is 1. The van der Waals surface area contributed by atoms with Crippen molar-refractivity contribution < 1.29 is 23.9 Å². The molecule has 0 atom stereocenters. The van der Waals surface area contributed by atoms with Gasteiger partial charge in [-0.25, -0.2) is 4.79 Å². The maximum atomic E-state index is 12.2. The molecule has 6 nitrogen and oxygen atoms in total. The van der Waals surface area contributed by atoms with E-state index >= 15 is 0 Å². The van der Waals surface area contributed by atoms with Crippen LogP contribution in [0.25, 0.3) is 10.9 Å². The highest BCUT2D eigenvalue weighted by Gasteiger charge is 2.25. The number of nitrogens with zero attached hydrogens (tertiary/aromatic N) is 1. The number of Topliss-reactive ketones (excluding diaryl/α,β-unsaturated/α-hetero) is 1. The molecule has 0 amide bonds. The van der Waals surface area contributed by atoms with Gasteiger partial charge in [0.1, 0.15) is 5.69 Å². The molecular weight excluding hydrogens is 298 g/mol. The topological polar surface area (TPSA) is 74.6 Å². The summed E-state index contributed by atoms with van der Waals surface area (Å²) in [6.07, 6.45) is 0.728. The van der Waals surface area contributed by atoms with Crippen molar-refractivity contribution >= 4 is 28.6 Å². The van der Waals surface area contributed by atoms with E-state index in [1.165, 1.54) is 21.1 Å². The quantitative estimate of drug-likeness (QED) is 0.604. The lowest BCUT2D eigenvalue weighted by Gasteiger charge is -2.09. The fourth-order valence-corrected chi connectivity index (χ4v) is 2.68. The number of hydrogen-bond acceptors (Lipinski definition) is 5. The van der Waals surface area contributed by atoms with Crippen LogP contribution in [0.2, 0.25) is 0 Å². The zero-order valence-corrected chi connectivity index (χ0v) is 13.4. The third kappa shape index (κ3) is 3.26. The van der Waals surface area contributed by atoms with Crippen LogP contribution in [-0.2, 0) is 20.8 Å². The Balaban J connectivity index is 2.54. The van der Waals surface area contributed by atoms with Crippen molar-refractivity contribution in [3.8, 4) is 0 Å². The molecule has 0 saturated carbocycles. The number of carbonyl (C=O) groups is 3. The van der Waals surface area contributed by atoms with Crippen molar-refractivity contribution in [2.45, 2.75) is 26.3 Å². The van der Waals surface area contributed by atoms with Gasteiger partial charge < -0.3 is 14.0 Å². The van der Waals surface area contributed by atoms with Crippen LogP contribution in [-0.4, -0.2) is 36.5 Å². The van der Waals surface area contributed by atoms with E-state index in [0.29, 0.717) is 23.9 Å². The second-order valence-corrected chi connectivity index (χ2v) is 5.12. The fraction of sp³-hybridized carbons (Fsp3) is 0.353. The standard InChI is InChI=1S/C17H19NO5/c1-11(19)15-12-7-4-5-8-13(12)18(16(15)17(21)23-3)10-6-9-14(20)22-2/h4-5,7-8H,6,9-10H2,1-3H3. The van der Waals surface area contributed by atoms with E-state index in [1.807, 2.05) is 18.2 Å². The molecule has 0 bridgehead atoms. The third-order valence-corrected chi connectivity index (χ3v) is 3.69. The summed E-state index contributed by atoms with van der Waals surface area (Å²) in [4.78, 5) is 35.5. The van der Waals surface area contributed by atoms with E-state index < -0.39 is 5.97 Å². The zero-order chi connectivity index (χ0) is 17.0. The molecule has 2 aromatic rings. The van der Waals surface area contributed by atoms with E-state index in [-0.39, 0.29) is 23.9 Å². The molecule has 0 aliphatic carbocycles. The van der Waals surface area contributed by atoms with Crippen LogP contribution in [0, 0.1) is 0 Å². The van der Waals surface area contributed by atoms with Crippen LogP contribution >= 0.6 is 0 Å². The molecule has 1 aromatic carbocycles. The van der Waals surface area contributed by atoms with E-state index in [2.05, 4.69) is 4.74 Å². The average Bonchev–Trinajstić information content (AvgIpc) is 2.88. The molecule has 6 heteroatoms. The molecule has 1 aromatic heterocycles. The molecule has 122 valence electrons. The first-order valence-electron chi connectivity index (χ1n) is 7.28. The minimum atomic E-state index is -0.565. The summed E-state index contributed by atoms with van der Waals surface area (Å²) in [7, 11) is 2.61. The lowest BCUT2D eigenvalue weighted by molar-refractivity contribution is -0.140. The monoisotopic (exact) mass is 317 g/mol. The molecule has 1 heterocycles. The molecule has 0 saturated heterocycles. The molecule has 0 aliphatic heterocycles. The SMILES string of the molecule is COC(=O)CCCn1c(C(=O)OC)c(C(C)=O)c2ccccc21. The van der Waals surface area contributed by atoms with Crippen LogP contribution in [0.5, 0.6) is 0 Å². The Kier molecular flexibility index (Phi) is 5.16. The number of rotatable bonds is 6. The molecule has 0 fully saturated rings. The van der Waals surface area contributed by atoms with Crippen molar-refractivity contribution in [3.05, 3.63) is 35.5 Å². The molecule has 2 rings (SSSR count). The smallest absolute Gasteiger partial charge is 0.355 e. The number of para-hydroxylation sites is 1. The Morgan fingerprint density at radius 1 is 1.09 bits per heavy atom. The maximum absolute atomic E-state index is 12.2. The fourth-order valence-electron chi connectivity index (χ4n) is 2.68. The lowest BCUT2D eigenvalue weighted by Crippen LogP contribution is -2.15. The highest BCUT2D eigenvalue weighted by atomic mass is 16.5. The van der Waals surface area contributed by atoms with E-state index in [1.54, 1.807) is 10.6 Å². The number of aromatic nitrogens is 1. The van der Waals surface area contributed by atoms with Gasteiger partial charge in [-0.2, -0.15) is 0 Å². The van der Waals surface area contributed by atoms with Crippen LogP contribution in [0.4, 0.5) is 0 Å². The second-order valence-electron chi connectivity index (χ2n) is 5.12. The summed E-state index contributed by atoms with van der Waals surface area (Å²) in [5.74, 6) is -1.08. The average molecular weight is 317 g/mol. The zero-order valence-electron chi connectivity index (χ0n) is 13.4. The predicted molar refractivity (Wildman–Crippen MR) is 84.5 cm³/mol. The van der Waals surface area contributed by atoms with Crippen LogP contribution in [0.3, 0.4) is 0 Å². The highest BCUT2D eigenvalue weighted by molar-refractivity contribution is 6.14. The van der Waals surface area contributed by atoms with Gasteiger partial charge in [0.15, 0.2) is 5.78 Å². The Morgan fingerprint density at radius 3 is 2.39 bits per heavy atom. The van der Waals surface area contributed by atoms with E-state index in [0.717, 1.165) is 5.52 Å². The number of ketones is 1. The first-order chi connectivity index (χ1) is 11.0. The number of methoxy groups -OCH3 is 2. The number of aryl methyl sites for hydroxylation is 1. The van der Waals surface area contributed by atoms with Crippen LogP contribution in [0.1, 0.15) is 40.6 Å². The summed E-state index contributed by atoms with van der Waals surface area (Å²) in [6, 6.07) is 7.29. The summed E-state index contributed by atoms with van der Waals surface area (Å²) in [5, 5.41) is 0.707. The summed E-state index contributed by atoms with van der Waals surface area (Å²) in [6.45, 7) is 1.83. The van der Waals surface area contributed by atoms with Crippen LogP contribution < -0.4 is 0 Å². The van der Waals surface area contributed by atoms with Gasteiger partial charge in [0.05, 0.1) is 19.8 Å². The van der Waals surface area contributed by atoms with Crippen molar-refractivity contribution in [2.75, 3.05) is 14.2 Å². The van der Waals surface area contributed by atoms with Crippen molar-refractivity contribution in [1.29, 1.82) is 0 Å². The molecular formula is C17H19NO5. The molecule has 0 radical (unpaired) electrons. The second kappa shape index (κ2) is 7.09. The van der Waals surface area contributed by atoms with Crippen LogP contribution in [0.15, 0.2) is 24.3 Å². The van der Waals surface area contributed by atoms with Gasteiger partial charge in [0.2, 0.25) is 0 Å². The molecule has 0 aliphatic rings. The molecule has 0 unspecified atom stereocenters. The molecule has 0 N–H and O–H groups in total. The van der Waals surface area contributed by atoms with Gasteiger partial charge in [-0.1, -0.05) is 18.2 Å². The Labute approximate surface area is 134 Å². The summed E-state index contributed by atoms with van der Waals surface area (Å²) >= 11 is 0. The minimum Gasteiger partial charge on any atom is -0.469 e. The predicted octanol–water partition coefficient (Wildman–Crippen LogP) is 2.58. The number of hydrogen-bond donors (Lipinski definition) is 0. The normalized spacial score (nSPS) is 10.6. The lowest BCUT2D eigenvalue weighted by atomic mass is 10.1. The summed E-state index contributed by atoms with van der Waals surface area (Å²) in [5.41, 5.74) is 1.35. The number of benzene rings is 1. The van der Waals surface area contributed by atoms with Gasteiger partial charge in [-0.3, -0.25) is 9.59 Å². The Morgan fingerprint density at radius 2 is 1.78 bits per heavy atom. The Bertz CT molecular complexity index is 760. The first-order valence-corrected chi connectivity index (χ1v) is 7.28. The van der Waals surface area contributed by atoms with E-state index in [4.69, 9.17) is 4.74 Å². The van der Waals surface area contributed by atoms with Crippen molar-refractivity contribution in [3.63, 3.8) is 0 Å².